The number of anilines is 1. The smallest absolute Gasteiger partial charge is 0.338 e. The molecule has 1 heterocycles. The van der Waals surface area contributed by atoms with E-state index in [9.17, 15) is 14.4 Å². The second-order valence-corrected chi connectivity index (χ2v) is 10.6. The van der Waals surface area contributed by atoms with Gasteiger partial charge in [0.1, 0.15) is 0 Å². The van der Waals surface area contributed by atoms with E-state index in [2.05, 4.69) is 27.4 Å². The van der Waals surface area contributed by atoms with Crippen LogP contribution in [0.1, 0.15) is 65.8 Å². The molecule has 2 N–H and O–H groups in total. The zero-order valence-electron chi connectivity index (χ0n) is 22.9. The van der Waals surface area contributed by atoms with Crippen molar-refractivity contribution in [2.45, 2.75) is 58.5 Å². The number of nitrogens with one attached hydrogen (secondary N) is 2. The predicted octanol–water partition coefficient (Wildman–Crippen LogP) is 5.20. The first-order valence-electron chi connectivity index (χ1n) is 12.7. The van der Waals surface area contributed by atoms with Crippen molar-refractivity contribution in [2.75, 3.05) is 11.1 Å². The molecule has 0 aliphatic carbocycles. The topological polar surface area (TPSA) is 115 Å². The highest BCUT2D eigenvalue weighted by Gasteiger charge is 2.26. The van der Waals surface area contributed by atoms with Crippen LogP contribution in [0.25, 0.3) is 0 Å². The summed E-state index contributed by atoms with van der Waals surface area (Å²) >= 11 is 1.23. The maximum absolute atomic E-state index is 13.0. The molecule has 0 radical (unpaired) electrons. The second-order valence-electron chi connectivity index (χ2n) is 9.68. The number of hydrogen-bond acceptors (Lipinski definition) is 7. The van der Waals surface area contributed by atoms with Crippen molar-refractivity contribution in [1.29, 1.82) is 0 Å². The van der Waals surface area contributed by atoms with Crippen LogP contribution in [0.4, 0.5) is 5.69 Å². The molecule has 1 atom stereocenters. The Bertz CT molecular complexity index is 1330. The molecule has 0 aliphatic heterocycles. The van der Waals surface area contributed by atoms with Crippen molar-refractivity contribution in [1.82, 2.24) is 20.1 Å². The van der Waals surface area contributed by atoms with Gasteiger partial charge in [-0.05, 0) is 57.0 Å². The molecular weight excluding hydrogens is 514 g/mol. The largest absolute Gasteiger partial charge is 0.459 e. The van der Waals surface area contributed by atoms with Crippen molar-refractivity contribution in [2.24, 2.45) is 5.92 Å². The van der Waals surface area contributed by atoms with Crippen molar-refractivity contribution in [3.8, 4) is 0 Å². The SMILES string of the molecule is C=CCn1c(SCC(=O)Nc2cccc(C(=O)OC(C)C)c2)nnc1[C@H](NC(=O)c1cccc(C)c1)C(C)C. The molecule has 9 nitrogen and oxygen atoms in total. The van der Waals surface area contributed by atoms with Crippen LogP contribution >= 0.6 is 11.8 Å². The van der Waals surface area contributed by atoms with Gasteiger partial charge in [-0.2, -0.15) is 0 Å². The number of esters is 1. The molecule has 0 unspecified atom stereocenters. The third-order valence-electron chi connectivity index (χ3n) is 5.63. The molecule has 3 aromatic rings. The molecule has 39 heavy (non-hydrogen) atoms. The summed E-state index contributed by atoms with van der Waals surface area (Å²) in [6.45, 7) is 13.7. The average molecular weight is 550 g/mol. The highest BCUT2D eigenvalue weighted by atomic mass is 32.2. The van der Waals surface area contributed by atoms with Gasteiger partial charge in [-0.1, -0.05) is 55.4 Å². The molecule has 0 bridgehead atoms. The maximum Gasteiger partial charge on any atom is 0.338 e. The fourth-order valence-electron chi connectivity index (χ4n) is 3.81. The fourth-order valence-corrected chi connectivity index (χ4v) is 4.57. The van der Waals surface area contributed by atoms with Crippen LogP contribution in [0.2, 0.25) is 0 Å². The minimum absolute atomic E-state index is 0.0299. The molecule has 0 aliphatic rings. The first-order valence-corrected chi connectivity index (χ1v) is 13.7. The van der Waals surface area contributed by atoms with E-state index in [4.69, 9.17) is 4.74 Å². The Balaban J connectivity index is 1.71. The summed E-state index contributed by atoms with van der Waals surface area (Å²) in [7, 11) is 0. The number of carbonyl (C=O) groups is 3. The second kappa shape index (κ2) is 13.7. The number of carbonyl (C=O) groups excluding carboxylic acids is 3. The predicted molar refractivity (Wildman–Crippen MR) is 153 cm³/mol. The summed E-state index contributed by atoms with van der Waals surface area (Å²) in [6, 6.07) is 13.6. The standard InChI is InChI=1S/C29H35N5O4S/c1-7-14-34-26(25(18(2)3)31-27(36)21-11-8-10-20(6)15-21)32-33-29(34)39-17-24(35)30-23-13-9-12-22(16-23)28(37)38-19(4)5/h7-13,15-16,18-19,25H,1,14,17H2,2-6H3,(H,30,35)(H,31,36)/t25-/m1/s1. The number of aromatic nitrogens is 3. The molecule has 0 spiro atoms. The van der Waals surface area contributed by atoms with E-state index in [1.165, 1.54) is 11.8 Å². The molecule has 2 aromatic carbocycles. The zero-order chi connectivity index (χ0) is 28.5. The van der Waals surface area contributed by atoms with Crippen LogP contribution in [0.5, 0.6) is 0 Å². The Morgan fingerprint density at radius 2 is 1.77 bits per heavy atom. The minimum Gasteiger partial charge on any atom is -0.459 e. The summed E-state index contributed by atoms with van der Waals surface area (Å²) in [4.78, 5) is 37.9. The third-order valence-corrected chi connectivity index (χ3v) is 6.59. The van der Waals surface area contributed by atoms with Crippen LogP contribution in [-0.2, 0) is 16.1 Å². The highest BCUT2D eigenvalue weighted by Crippen LogP contribution is 2.26. The Morgan fingerprint density at radius 1 is 1.05 bits per heavy atom. The summed E-state index contributed by atoms with van der Waals surface area (Å²) in [5, 5.41) is 15.1. The van der Waals surface area contributed by atoms with Crippen LogP contribution < -0.4 is 10.6 Å². The number of nitrogens with zero attached hydrogens (tertiary/aromatic N) is 3. The third kappa shape index (κ3) is 8.28. The van der Waals surface area contributed by atoms with Crippen molar-refractivity contribution in [3.05, 3.63) is 83.7 Å². The van der Waals surface area contributed by atoms with Crippen molar-refractivity contribution in [3.63, 3.8) is 0 Å². The van der Waals surface area contributed by atoms with Crippen LogP contribution in [0.15, 0.2) is 66.3 Å². The Morgan fingerprint density at radius 3 is 2.44 bits per heavy atom. The molecule has 1 aromatic heterocycles. The molecule has 206 valence electrons. The number of aryl methyl sites for hydroxylation is 1. The summed E-state index contributed by atoms with van der Waals surface area (Å²) < 4.78 is 7.08. The van der Waals surface area contributed by atoms with Gasteiger partial charge in [-0.25, -0.2) is 4.79 Å². The Labute approximate surface area is 233 Å². The van der Waals surface area contributed by atoms with Gasteiger partial charge < -0.3 is 19.9 Å². The number of hydrogen-bond donors (Lipinski definition) is 2. The molecular formula is C29H35N5O4S. The average Bonchev–Trinajstić information content (AvgIpc) is 3.27. The highest BCUT2D eigenvalue weighted by molar-refractivity contribution is 7.99. The lowest BCUT2D eigenvalue weighted by Gasteiger charge is -2.22. The molecule has 0 saturated carbocycles. The molecule has 0 fully saturated rings. The minimum atomic E-state index is -0.449. The van der Waals surface area contributed by atoms with Gasteiger partial charge in [0.15, 0.2) is 11.0 Å². The van der Waals surface area contributed by atoms with Gasteiger partial charge in [0.05, 0.1) is 23.5 Å². The lowest BCUT2D eigenvalue weighted by molar-refractivity contribution is -0.113. The van der Waals surface area contributed by atoms with Crippen molar-refractivity contribution < 1.29 is 19.1 Å². The zero-order valence-corrected chi connectivity index (χ0v) is 23.7. The van der Waals surface area contributed by atoms with Crippen LogP contribution in [0, 0.1) is 12.8 Å². The number of benzene rings is 2. The molecule has 0 saturated heterocycles. The van der Waals surface area contributed by atoms with Crippen molar-refractivity contribution >= 4 is 35.2 Å². The van der Waals surface area contributed by atoms with E-state index in [1.54, 1.807) is 50.3 Å². The number of rotatable bonds is 12. The maximum atomic E-state index is 13.0. The molecule has 2 amide bonds. The first-order chi connectivity index (χ1) is 18.6. The summed E-state index contributed by atoms with van der Waals surface area (Å²) in [5.74, 6) is -0.226. The first kappa shape index (κ1) is 29.6. The van der Waals surface area contributed by atoms with E-state index < -0.39 is 12.0 Å². The van der Waals surface area contributed by atoms with Gasteiger partial charge in [0.25, 0.3) is 5.91 Å². The number of ether oxygens (including phenoxy) is 1. The van der Waals surface area contributed by atoms with E-state index in [0.717, 1.165) is 5.56 Å². The molecule has 10 heteroatoms. The fraction of sp³-hybridized carbons (Fsp3) is 0.345. The monoisotopic (exact) mass is 549 g/mol. The summed E-state index contributed by atoms with van der Waals surface area (Å²) in [6.07, 6.45) is 1.48. The van der Waals surface area contributed by atoms with E-state index in [-0.39, 0.29) is 29.6 Å². The van der Waals surface area contributed by atoms with Crippen LogP contribution in [0.3, 0.4) is 0 Å². The van der Waals surface area contributed by atoms with E-state index >= 15 is 0 Å². The summed E-state index contributed by atoms with van der Waals surface area (Å²) in [5.41, 5.74) is 2.42. The van der Waals surface area contributed by atoms with Gasteiger partial charge in [-0.15, -0.1) is 16.8 Å². The lowest BCUT2D eigenvalue weighted by Crippen LogP contribution is -2.34. The number of allylic oxidation sites excluding steroid dienone is 1. The lowest BCUT2D eigenvalue weighted by atomic mass is 10.0. The number of amides is 2. The Hall–Kier alpha value is -3.92. The van der Waals surface area contributed by atoms with Gasteiger partial charge in [0.2, 0.25) is 5.91 Å². The van der Waals surface area contributed by atoms with E-state index in [0.29, 0.717) is 34.3 Å². The van der Waals surface area contributed by atoms with Gasteiger partial charge >= 0.3 is 5.97 Å². The molecule has 3 rings (SSSR count). The normalized spacial score (nSPS) is 11.8. The van der Waals surface area contributed by atoms with Gasteiger partial charge in [0, 0.05) is 17.8 Å². The number of thioether (sulfide) groups is 1. The van der Waals surface area contributed by atoms with Crippen LogP contribution in [-0.4, -0.2) is 44.4 Å². The quantitative estimate of drug-likeness (QED) is 0.181. The Kier molecular flexibility index (Phi) is 10.4. The van der Waals surface area contributed by atoms with Gasteiger partial charge in [-0.3, -0.25) is 9.59 Å². The van der Waals surface area contributed by atoms with E-state index in [1.807, 2.05) is 43.5 Å².